The molecule has 0 aromatic heterocycles. The van der Waals surface area contributed by atoms with Gasteiger partial charge in [0, 0.05) is 32.7 Å². The second kappa shape index (κ2) is 13.0. The number of hydrogen-bond donors (Lipinski definition) is 3. The number of unbranched alkanes of at least 4 members (excludes halogenated alkanes) is 1. The number of aliphatic imine (C=N–C) groups is 1. The summed E-state index contributed by atoms with van der Waals surface area (Å²) in [6.07, 6.45) is 7.45. The van der Waals surface area contributed by atoms with Crippen LogP contribution in [0.2, 0.25) is 0 Å². The predicted molar refractivity (Wildman–Crippen MR) is 97.9 cm³/mol. The van der Waals surface area contributed by atoms with E-state index < -0.39 is 0 Å². The van der Waals surface area contributed by atoms with Gasteiger partial charge in [0.2, 0.25) is 0 Å². The van der Waals surface area contributed by atoms with E-state index in [0.717, 1.165) is 64.5 Å². The first-order valence-electron chi connectivity index (χ1n) is 8.67. The van der Waals surface area contributed by atoms with Gasteiger partial charge >= 0.3 is 0 Å². The molecule has 0 aliphatic carbocycles. The van der Waals surface area contributed by atoms with E-state index in [2.05, 4.69) is 33.7 Å². The molecule has 0 unspecified atom stereocenters. The number of guanidine groups is 1. The van der Waals surface area contributed by atoms with Crippen LogP contribution in [0, 0.1) is 0 Å². The summed E-state index contributed by atoms with van der Waals surface area (Å²) in [5.74, 6) is 2.18. The molecule has 1 heterocycles. The molecule has 0 saturated carbocycles. The van der Waals surface area contributed by atoms with Crippen molar-refractivity contribution in [2.75, 3.05) is 51.3 Å². The van der Waals surface area contributed by atoms with Crippen LogP contribution < -0.4 is 10.6 Å². The van der Waals surface area contributed by atoms with Crippen molar-refractivity contribution in [2.45, 2.75) is 45.1 Å². The van der Waals surface area contributed by atoms with Crippen LogP contribution >= 0.6 is 11.8 Å². The first-order valence-corrected chi connectivity index (χ1v) is 10.1. The first kappa shape index (κ1) is 19.6. The maximum absolute atomic E-state index is 9.50. The van der Waals surface area contributed by atoms with Crippen LogP contribution in [0.25, 0.3) is 0 Å². The zero-order valence-corrected chi connectivity index (χ0v) is 15.1. The molecule has 1 aliphatic rings. The van der Waals surface area contributed by atoms with E-state index in [0.29, 0.717) is 0 Å². The van der Waals surface area contributed by atoms with Crippen molar-refractivity contribution in [1.29, 1.82) is 0 Å². The molecular weight excluding hydrogens is 296 g/mol. The summed E-state index contributed by atoms with van der Waals surface area (Å²) >= 11 is 1.91. The maximum atomic E-state index is 9.50. The second-order valence-electron chi connectivity index (χ2n) is 5.81. The van der Waals surface area contributed by atoms with Crippen LogP contribution in [0.1, 0.15) is 39.0 Å². The highest BCUT2D eigenvalue weighted by molar-refractivity contribution is 7.98. The molecule has 0 radical (unpaired) electrons. The number of nitrogens with zero attached hydrogens (tertiary/aromatic N) is 2. The number of thioether (sulfide) groups is 1. The molecule has 22 heavy (non-hydrogen) atoms. The van der Waals surface area contributed by atoms with Crippen LogP contribution in [0.3, 0.4) is 0 Å². The molecule has 6 heteroatoms. The number of aliphatic hydroxyl groups is 1. The topological polar surface area (TPSA) is 59.9 Å². The minimum Gasteiger partial charge on any atom is -0.393 e. The van der Waals surface area contributed by atoms with Crippen LogP contribution in [-0.4, -0.2) is 73.3 Å². The molecule has 0 atom stereocenters. The molecule has 0 spiro atoms. The largest absolute Gasteiger partial charge is 0.393 e. The Morgan fingerprint density at radius 1 is 1.23 bits per heavy atom. The van der Waals surface area contributed by atoms with Gasteiger partial charge in [0.15, 0.2) is 5.96 Å². The maximum Gasteiger partial charge on any atom is 0.191 e. The molecule has 1 aliphatic heterocycles. The highest BCUT2D eigenvalue weighted by atomic mass is 32.2. The van der Waals surface area contributed by atoms with Gasteiger partial charge in [-0.2, -0.15) is 11.8 Å². The standard InChI is InChI=1S/C16H34N4OS/c1-3-17-16(18-9-4-5-14-22-2)19-10-6-11-20-12-7-15(21)8-13-20/h15,21H,3-14H2,1-2H3,(H2,17,18,19). The number of piperidine rings is 1. The van der Waals surface area contributed by atoms with Crippen molar-refractivity contribution in [3.8, 4) is 0 Å². The average Bonchev–Trinajstić information content (AvgIpc) is 2.53. The first-order chi connectivity index (χ1) is 10.8. The highest BCUT2D eigenvalue weighted by Gasteiger charge is 2.15. The lowest BCUT2D eigenvalue weighted by Crippen LogP contribution is -2.38. The van der Waals surface area contributed by atoms with Crippen molar-refractivity contribution in [1.82, 2.24) is 15.5 Å². The Bertz CT molecular complexity index is 294. The monoisotopic (exact) mass is 330 g/mol. The third kappa shape index (κ3) is 9.54. The van der Waals surface area contributed by atoms with Crippen molar-refractivity contribution in [3.05, 3.63) is 0 Å². The SMILES string of the molecule is CCNC(=NCCCN1CCC(O)CC1)NCCCCSC. The van der Waals surface area contributed by atoms with Gasteiger partial charge in [0.1, 0.15) is 0 Å². The molecule has 5 nitrogen and oxygen atoms in total. The fraction of sp³-hybridized carbons (Fsp3) is 0.938. The summed E-state index contributed by atoms with van der Waals surface area (Å²) in [4.78, 5) is 7.08. The van der Waals surface area contributed by atoms with Gasteiger partial charge in [-0.05, 0) is 57.6 Å². The van der Waals surface area contributed by atoms with E-state index in [9.17, 15) is 5.11 Å². The molecule has 1 rings (SSSR count). The van der Waals surface area contributed by atoms with Gasteiger partial charge in [-0.25, -0.2) is 0 Å². The lowest BCUT2D eigenvalue weighted by Gasteiger charge is -2.29. The lowest BCUT2D eigenvalue weighted by molar-refractivity contribution is 0.0824. The highest BCUT2D eigenvalue weighted by Crippen LogP contribution is 2.09. The Balaban J connectivity index is 2.12. The van der Waals surface area contributed by atoms with Crippen molar-refractivity contribution in [2.24, 2.45) is 4.99 Å². The van der Waals surface area contributed by atoms with E-state index in [-0.39, 0.29) is 6.10 Å². The summed E-state index contributed by atoms with van der Waals surface area (Å²) in [5, 5.41) is 16.2. The van der Waals surface area contributed by atoms with Crippen LogP contribution in [0.5, 0.6) is 0 Å². The molecule has 3 N–H and O–H groups in total. The van der Waals surface area contributed by atoms with Crippen LogP contribution in [-0.2, 0) is 0 Å². The average molecular weight is 331 g/mol. The fourth-order valence-electron chi connectivity index (χ4n) is 2.55. The number of hydrogen-bond acceptors (Lipinski definition) is 4. The van der Waals surface area contributed by atoms with Crippen LogP contribution in [0.15, 0.2) is 4.99 Å². The van der Waals surface area contributed by atoms with Gasteiger partial charge in [-0.1, -0.05) is 0 Å². The number of rotatable bonds is 10. The van der Waals surface area contributed by atoms with E-state index >= 15 is 0 Å². The lowest BCUT2D eigenvalue weighted by atomic mass is 10.1. The summed E-state index contributed by atoms with van der Waals surface area (Å²) < 4.78 is 0. The Hall–Kier alpha value is -0.460. The van der Waals surface area contributed by atoms with Gasteiger partial charge in [0.05, 0.1) is 6.10 Å². The molecule has 0 aromatic carbocycles. The third-order valence-corrected chi connectivity index (χ3v) is 4.57. The number of likely N-dealkylation sites (tertiary alicyclic amines) is 1. The van der Waals surface area contributed by atoms with E-state index in [1.54, 1.807) is 0 Å². The summed E-state index contributed by atoms with van der Waals surface area (Å²) in [7, 11) is 0. The number of nitrogens with one attached hydrogen (secondary N) is 2. The van der Waals surface area contributed by atoms with Gasteiger partial charge in [-0.3, -0.25) is 4.99 Å². The Morgan fingerprint density at radius 2 is 2.00 bits per heavy atom. The molecule has 0 aromatic rings. The van der Waals surface area contributed by atoms with Crippen molar-refractivity contribution >= 4 is 17.7 Å². The summed E-state index contributed by atoms with van der Waals surface area (Å²) in [6, 6.07) is 0. The zero-order chi connectivity index (χ0) is 16.0. The molecular formula is C16H34N4OS. The van der Waals surface area contributed by atoms with Gasteiger partial charge in [-0.15, -0.1) is 0 Å². The minimum absolute atomic E-state index is 0.0788. The quantitative estimate of drug-likeness (QED) is 0.322. The van der Waals surface area contributed by atoms with Crippen molar-refractivity contribution in [3.63, 3.8) is 0 Å². The second-order valence-corrected chi connectivity index (χ2v) is 6.80. The summed E-state index contributed by atoms with van der Waals surface area (Å²) in [6.45, 7) is 8.00. The van der Waals surface area contributed by atoms with Crippen molar-refractivity contribution < 1.29 is 5.11 Å². The Labute approximate surface area is 140 Å². The molecule has 130 valence electrons. The Kier molecular flexibility index (Phi) is 11.6. The number of aliphatic hydroxyl groups excluding tert-OH is 1. The molecule has 1 fully saturated rings. The fourth-order valence-corrected chi connectivity index (χ4v) is 3.04. The van der Waals surface area contributed by atoms with E-state index in [1.165, 1.54) is 18.6 Å². The molecule has 1 saturated heterocycles. The summed E-state index contributed by atoms with van der Waals surface area (Å²) in [5.41, 5.74) is 0. The Morgan fingerprint density at radius 3 is 2.68 bits per heavy atom. The van der Waals surface area contributed by atoms with E-state index in [1.807, 2.05) is 11.8 Å². The van der Waals surface area contributed by atoms with E-state index in [4.69, 9.17) is 0 Å². The third-order valence-electron chi connectivity index (χ3n) is 3.87. The van der Waals surface area contributed by atoms with Gasteiger partial charge < -0.3 is 20.6 Å². The smallest absolute Gasteiger partial charge is 0.191 e. The normalized spacial score (nSPS) is 17.7. The molecule has 0 amide bonds. The van der Waals surface area contributed by atoms with Crippen LogP contribution in [0.4, 0.5) is 0 Å². The predicted octanol–water partition coefficient (Wildman–Crippen LogP) is 1.53. The minimum atomic E-state index is -0.0788. The molecule has 0 bridgehead atoms. The zero-order valence-electron chi connectivity index (χ0n) is 14.3. The van der Waals surface area contributed by atoms with Gasteiger partial charge in [0.25, 0.3) is 0 Å².